The highest BCUT2D eigenvalue weighted by atomic mass is 35.5. The molecule has 1 aliphatic heterocycles. The molecule has 0 amide bonds. The van der Waals surface area contributed by atoms with Crippen LogP contribution in [0.5, 0.6) is 0 Å². The normalized spacial score (nSPS) is 25.6. The van der Waals surface area contributed by atoms with Gasteiger partial charge in [-0.1, -0.05) is 24.9 Å². The Labute approximate surface area is 147 Å². The fourth-order valence-corrected chi connectivity index (χ4v) is 5.18. The summed E-state index contributed by atoms with van der Waals surface area (Å²) in [6, 6.07) is 4.50. The van der Waals surface area contributed by atoms with Gasteiger partial charge < -0.3 is 10.2 Å². The highest BCUT2D eigenvalue weighted by Crippen LogP contribution is 2.38. The fourth-order valence-electron chi connectivity index (χ4n) is 3.30. The van der Waals surface area contributed by atoms with E-state index >= 15 is 0 Å². The molecular weight excluding hydrogens is 354 g/mol. The van der Waals surface area contributed by atoms with Crippen LogP contribution in [0.4, 0.5) is 0 Å². The number of sulfonamides is 1. The summed E-state index contributed by atoms with van der Waals surface area (Å²) in [5.74, 6) is -1.07. The molecule has 134 valence electrons. The van der Waals surface area contributed by atoms with Crippen molar-refractivity contribution in [2.75, 3.05) is 13.1 Å². The predicted molar refractivity (Wildman–Crippen MR) is 90.5 cm³/mol. The Bertz CT molecular complexity index is 736. The lowest BCUT2D eigenvalue weighted by atomic mass is 9.73. The average molecular weight is 376 g/mol. The van der Waals surface area contributed by atoms with Crippen LogP contribution in [-0.4, -0.2) is 48.1 Å². The molecule has 0 aliphatic carbocycles. The first-order valence-electron chi connectivity index (χ1n) is 7.83. The van der Waals surface area contributed by atoms with Crippen molar-refractivity contribution in [3.05, 3.63) is 28.8 Å². The van der Waals surface area contributed by atoms with Crippen LogP contribution in [-0.2, 0) is 14.8 Å². The van der Waals surface area contributed by atoms with Gasteiger partial charge in [0.25, 0.3) is 0 Å². The van der Waals surface area contributed by atoms with Crippen molar-refractivity contribution < 1.29 is 23.4 Å². The van der Waals surface area contributed by atoms with Crippen LogP contribution in [0.15, 0.2) is 23.1 Å². The highest BCUT2D eigenvalue weighted by molar-refractivity contribution is 7.89. The summed E-state index contributed by atoms with van der Waals surface area (Å²) in [6.45, 7) is 3.33. The summed E-state index contributed by atoms with van der Waals surface area (Å²) in [7, 11) is -3.81. The van der Waals surface area contributed by atoms with Crippen LogP contribution in [0.1, 0.15) is 31.7 Å². The second-order valence-electron chi connectivity index (χ2n) is 6.25. The van der Waals surface area contributed by atoms with Crippen LogP contribution in [0.25, 0.3) is 0 Å². The van der Waals surface area contributed by atoms with Gasteiger partial charge in [-0.2, -0.15) is 4.31 Å². The standard InChI is InChI=1S/C16H22ClNO5S/c1-3-6-16(15(20)21)7-8-18(10-14(16)19)24(22,23)13-5-4-12(17)9-11(13)2/h4-5,9,14,19H,3,6-8,10H2,1-2H3,(H,20,21)/t14-,16-/m0/s1. The Morgan fingerprint density at radius 3 is 2.62 bits per heavy atom. The van der Waals surface area contributed by atoms with Crippen molar-refractivity contribution in [1.82, 2.24) is 4.31 Å². The summed E-state index contributed by atoms with van der Waals surface area (Å²) in [5.41, 5.74) is -0.767. The number of carboxylic acid groups (broad SMARTS) is 1. The number of rotatable bonds is 5. The second kappa shape index (κ2) is 7.00. The summed E-state index contributed by atoms with van der Waals surface area (Å²) in [4.78, 5) is 11.8. The summed E-state index contributed by atoms with van der Waals surface area (Å²) >= 11 is 5.87. The molecule has 2 rings (SSSR count). The molecule has 1 heterocycles. The number of hydrogen-bond acceptors (Lipinski definition) is 4. The van der Waals surface area contributed by atoms with E-state index in [1.54, 1.807) is 13.0 Å². The second-order valence-corrected chi connectivity index (χ2v) is 8.59. The smallest absolute Gasteiger partial charge is 0.312 e. The zero-order valence-corrected chi connectivity index (χ0v) is 15.3. The van der Waals surface area contributed by atoms with Gasteiger partial charge in [-0.15, -0.1) is 0 Å². The van der Waals surface area contributed by atoms with Crippen molar-refractivity contribution in [3.8, 4) is 0 Å². The molecule has 1 aromatic rings. The average Bonchev–Trinajstić information content (AvgIpc) is 2.48. The van der Waals surface area contributed by atoms with Gasteiger partial charge in [-0.3, -0.25) is 4.79 Å². The molecule has 1 aromatic carbocycles. The van der Waals surface area contributed by atoms with Gasteiger partial charge in [0.1, 0.15) is 0 Å². The summed E-state index contributed by atoms with van der Waals surface area (Å²) < 4.78 is 26.8. The molecular formula is C16H22ClNO5S. The Kier molecular flexibility index (Phi) is 5.59. The lowest BCUT2D eigenvalue weighted by Gasteiger charge is -2.42. The number of hydrogen-bond donors (Lipinski definition) is 2. The van der Waals surface area contributed by atoms with E-state index in [9.17, 15) is 23.4 Å². The Balaban J connectivity index is 2.31. The largest absolute Gasteiger partial charge is 0.481 e. The van der Waals surface area contributed by atoms with E-state index in [-0.39, 0.29) is 24.4 Å². The summed E-state index contributed by atoms with van der Waals surface area (Å²) in [5, 5.41) is 20.4. The molecule has 2 atom stereocenters. The van der Waals surface area contributed by atoms with Gasteiger partial charge >= 0.3 is 5.97 Å². The van der Waals surface area contributed by atoms with E-state index in [4.69, 9.17) is 11.6 Å². The van der Waals surface area contributed by atoms with Crippen LogP contribution in [0.2, 0.25) is 5.02 Å². The summed E-state index contributed by atoms with van der Waals surface area (Å²) in [6.07, 6.45) is -0.237. The number of carboxylic acids is 1. The van der Waals surface area contributed by atoms with Gasteiger partial charge in [0.05, 0.1) is 16.4 Å². The van der Waals surface area contributed by atoms with Crippen LogP contribution < -0.4 is 0 Å². The maximum Gasteiger partial charge on any atom is 0.312 e. The molecule has 0 unspecified atom stereocenters. The molecule has 0 radical (unpaired) electrons. The number of aliphatic carboxylic acids is 1. The minimum atomic E-state index is -3.81. The van der Waals surface area contributed by atoms with Gasteiger partial charge in [0.15, 0.2) is 0 Å². The van der Waals surface area contributed by atoms with Crippen LogP contribution >= 0.6 is 11.6 Å². The number of benzene rings is 1. The SMILES string of the molecule is CCC[C@]1(C(=O)O)CCN(S(=O)(=O)c2ccc(Cl)cc2C)C[C@@H]1O. The van der Waals surface area contributed by atoms with Gasteiger partial charge in [-0.05, 0) is 43.5 Å². The van der Waals surface area contributed by atoms with Crippen LogP contribution in [0.3, 0.4) is 0 Å². The van der Waals surface area contributed by atoms with Crippen molar-refractivity contribution in [3.63, 3.8) is 0 Å². The first-order chi connectivity index (χ1) is 11.1. The number of carbonyl (C=O) groups is 1. The van der Waals surface area contributed by atoms with E-state index in [1.165, 1.54) is 12.1 Å². The zero-order chi connectivity index (χ0) is 18.1. The van der Waals surface area contributed by atoms with E-state index in [2.05, 4.69) is 0 Å². The highest BCUT2D eigenvalue weighted by Gasteiger charge is 2.50. The molecule has 0 spiro atoms. The van der Waals surface area contributed by atoms with Gasteiger partial charge in [0.2, 0.25) is 10.0 Å². The fraction of sp³-hybridized carbons (Fsp3) is 0.562. The molecule has 0 bridgehead atoms. The Morgan fingerprint density at radius 1 is 1.46 bits per heavy atom. The molecule has 6 nitrogen and oxygen atoms in total. The van der Waals surface area contributed by atoms with Crippen molar-refractivity contribution in [1.29, 1.82) is 0 Å². The number of halogens is 1. The third-order valence-corrected chi connectivity index (χ3v) is 6.96. The number of aryl methyl sites for hydroxylation is 1. The lowest BCUT2D eigenvalue weighted by molar-refractivity contribution is -0.162. The number of piperidine rings is 1. The molecule has 24 heavy (non-hydrogen) atoms. The topological polar surface area (TPSA) is 94.9 Å². The van der Waals surface area contributed by atoms with E-state index < -0.39 is 27.5 Å². The number of nitrogens with zero attached hydrogens (tertiary/aromatic N) is 1. The Hall–Kier alpha value is -1.15. The van der Waals surface area contributed by atoms with E-state index in [0.717, 1.165) is 4.31 Å². The zero-order valence-electron chi connectivity index (χ0n) is 13.7. The van der Waals surface area contributed by atoms with Gasteiger partial charge in [-0.25, -0.2) is 8.42 Å². The van der Waals surface area contributed by atoms with Gasteiger partial charge in [0, 0.05) is 18.1 Å². The molecule has 0 saturated carbocycles. The van der Waals surface area contributed by atoms with E-state index in [1.807, 2.05) is 6.92 Å². The maximum atomic E-state index is 12.8. The molecule has 1 saturated heterocycles. The first kappa shape index (κ1) is 19.2. The molecule has 8 heteroatoms. The first-order valence-corrected chi connectivity index (χ1v) is 9.64. The monoisotopic (exact) mass is 375 g/mol. The third-order valence-electron chi connectivity index (χ3n) is 4.70. The molecule has 2 N–H and O–H groups in total. The quantitative estimate of drug-likeness (QED) is 0.823. The Morgan fingerprint density at radius 2 is 2.12 bits per heavy atom. The van der Waals surface area contributed by atoms with Crippen molar-refractivity contribution >= 4 is 27.6 Å². The maximum absolute atomic E-state index is 12.8. The van der Waals surface area contributed by atoms with Crippen molar-refractivity contribution in [2.24, 2.45) is 5.41 Å². The minimum absolute atomic E-state index is 0.0633. The van der Waals surface area contributed by atoms with E-state index in [0.29, 0.717) is 23.4 Å². The van der Waals surface area contributed by atoms with Crippen LogP contribution in [0, 0.1) is 12.3 Å². The third kappa shape index (κ3) is 3.31. The molecule has 1 aliphatic rings. The minimum Gasteiger partial charge on any atom is -0.481 e. The lowest BCUT2D eigenvalue weighted by Crippen LogP contribution is -2.55. The number of β-amino-alcohol motifs (C(OH)–C–C–N with tert-alkyl or cyclic N) is 1. The predicted octanol–water partition coefficient (Wildman–Crippen LogP) is 2.27. The van der Waals surface area contributed by atoms with Crippen molar-refractivity contribution in [2.45, 2.75) is 44.1 Å². The molecule has 1 fully saturated rings. The number of aliphatic hydroxyl groups excluding tert-OH is 1. The molecule has 0 aromatic heterocycles. The number of aliphatic hydroxyl groups is 1.